The first-order valence-corrected chi connectivity index (χ1v) is 13.6. The van der Waals surface area contributed by atoms with Crippen molar-refractivity contribution in [1.82, 2.24) is 14.7 Å². The Hall–Kier alpha value is -2.41. The maximum Gasteiger partial charge on any atom is 0.254 e. The van der Waals surface area contributed by atoms with E-state index in [1.165, 1.54) is 37.0 Å². The van der Waals surface area contributed by atoms with Crippen LogP contribution in [0.2, 0.25) is 0 Å². The summed E-state index contributed by atoms with van der Waals surface area (Å²) in [5.41, 5.74) is 0.0924. The quantitative estimate of drug-likeness (QED) is 0.646. The number of aliphatic hydroxyl groups is 1. The summed E-state index contributed by atoms with van der Waals surface area (Å²) in [7, 11) is 3.40. The lowest BCUT2D eigenvalue weighted by Crippen LogP contribution is -2.63. The van der Waals surface area contributed by atoms with E-state index in [0.29, 0.717) is 43.1 Å². The number of amides is 3. The van der Waals surface area contributed by atoms with E-state index < -0.39 is 11.0 Å². The number of benzene rings is 1. The molecule has 2 heterocycles. The zero-order chi connectivity index (χ0) is 26.3. The van der Waals surface area contributed by atoms with Crippen LogP contribution in [0.25, 0.3) is 0 Å². The topological polar surface area (TPSA) is 81.2 Å². The Morgan fingerprint density at radius 3 is 2.50 bits per heavy atom. The van der Waals surface area contributed by atoms with E-state index in [0.717, 1.165) is 12.0 Å². The van der Waals surface area contributed by atoms with Crippen LogP contribution in [0.4, 0.5) is 0 Å². The lowest BCUT2D eigenvalue weighted by Gasteiger charge is -2.51. The second-order valence-corrected chi connectivity index (χ2v) is 12.3. The van der Waals surface area contributed by atoms with Gasteiger partial charge in [0.2, 0.25) is 5.91 Å². The minimum Gasteiger partial charge on any atom is -0.387 e. The van der Waals surface area contributed by atoms with E-state index in [4.69, 9.17) is 0 Å². The van der Waals surface area contributed by atoms with Gasteiger partial charge in [-0.25, -0.2) is 0 Å². The van der Waals surface area contributed by atoms with E-state index in [9.17, 15) is 19.5 Å². The van der Waals surface area contributed by atoms with Gasteiger partial charge in [0.1, 0.15) is 0 Å². The molecular weight excluding hydrogens is 454 g/mol. The van der Waals surface area contributed by atoms with Crippen molar-refractivity contribution >= 4 is 17.7 Å². The van der Waals surface area contributed by atoms with Crippen LogP contribution >= 0.6 is 0 Å². The number of carbonyl (C=O) groups excluding carboxylic acids is 3. The number of carbonyl (C=O) groups is 3. The van der Waals surface area contributed by atoms with Crippen LogP contribution in [-0.4, -0.2) is 76.9 Å². The second kappa shape index (κ2) is 10.2. The number of fused-ring (bicyclic) bond motifs is 1. The zero-order valence-electron chi connectivity index (χ0n) is 22.7. The van der Waals surface area contributed by atoms with Crippen molar-refractivity contribution in [3.05, 3.63) is 34.9 Å². The molecule has 3 amide bonds. The number of β-amino-alcohol motifs (C(OH)–C–C–N with tert-alkyl or cyclic N) is 1. The monoisotopic (exact) mass is 497 g/mol. The summed E-state index contributed by atoms with van der Waals surface area (Å²) in [5.74, 6) is 0.557. The number of likely N-dealkylation sites (tertiary alicyclic amines) is 1. The summed E-state index contributed by atoms with van der Waals surface area (Å²) in [4.78, 5) is 44.3. The average Bonchev–Trinajstić information content (AvgIpc) is 3.15. The molecule has 198 valence electrons. The summed E-state index contributed by atoms with van der Waals surface area (Å²) in [6, 6.07) is 5.26. The van der Waals surface area contributed by atoms with E-state index in [1.807, 2.05) is 18.7 Å². The Morgan fingerprint density at radius 1 is 1.17 bits per heavy atom. The molecule has 4 rings (SSSR count). The lowest BCUT2D eigenvalue weighted by molar-refractivity contribution is -0.157. The normalized spacial score (nSPS) is 25.0. The average molecular weight is 498 g/mol. The lowest BCUT2D eigenvalue weighted by atomic mass is 9.69. The maximum atomic E-state index is 13.3. The highest BCUT2D eigenvalue weighted by Crippen LogP contribution is 2.41. The Balaban J connectivity index is 1.43. The third kappa shape index (κ3) is 5.04. The minimum absolute atomic E-state index is 0.00240. The van der Waals surface area contributed by atoms with Crippen LogP contribution in [-0.2, 0) is 11.3 Å². The van der Waals surface area contributed by atoms with Crippen LogP contribution in [0.5, 0.6) is 0 Å². The van der Waals surface area contributed by atoms with Gasteiger partial charge in [-0.3, -0.25) is 14.4 Å². The van der Waals surface area contributed by atoms with Gasteiger partial charge < -0.3 is 19.8 Å². The molecule has 1 aromatic rings. The van der Waals surface area contributed by atoms with Crippen LogP contribution in [0.1, 0.15) is 92.0 Å². The van der Waals surface area contributed by atoms with Crippen molar-refractivity contribution in [2.45, 2.75) is 77.9 Å². The highest BCUT2D eigenvalue weighted by Gasteiger charge is 2.51. The summed E-state index contributed by atoms with van der Waals surface area (Å²) < 4.78 is 0. The van der Waals surface area contributed by atoms with Gasteiger partial charge in [0.05, 0.1) is 12.1 Å². The van der Waals surface area contributed by atoms with E-state index >= 15 is 0 Å². The van der Waals surface area contributed by atoms with Gasteiger partial charge in [0.15, 0.2) is 0 Å². The van der Waals surface area contributed by atoms with Gasteiger partial charge in [-0.2, -0.15) is 0 Å². The molecule has 1 aliphatic carbocycles. The van der Waals surface area contributed by atoms with E-state index in [1.54, 1.807) is 37.2 Å². The highest BCUT2D eigenvalue weighted by molar-refractivity contribution is 6.04. The van der Waals surface area contributed by atoms with E-state index in [2.05, 4.69) is 6.92 Å². The predicted octanol–water partition coefficient (Wildman–Crippen LogP) is 3.94. The SMILES string of the molecule is C[C@H](CC1CCCCC1)C(=O)N1CC[C@@](O)(CN2Cc3c(C(=O)N(C)C)cccc3C2=O)C(C)(C)C1. The van der Waals surface area contributed by atoms with Crippen LogP contribution < -0.4 is 0 Å². The molecule has 1 saturated carbocycles. The first-order chi connectivity index (χ1) is 16.9. The Morgan fingerprint density at radius 2 is 1.86 bits per heavy atom. The van der Waals surface area contributed by atoms with Crippen molar-refractivity contribution in [1.29, 1.82) is 0 Å². The summed E-state index contributed by atoms with van der Waals surface area (Å²) in [6.45, 7) is 7.49. The molecule has 36 heavy (non-hydrogen) atoms. The third-order valence-corrected chi connectivity index (χ3v) is 8.92. The standard InChI is InChI=1S/C29H43N3O4/c1-20(16-21-10-7-6-8-11-21)25(33)31-15-14-29(36,28(2,3)18-31)19-32-17-24-22(26(34)30(4)5)12-9-13-23(24)27(32)35/h9,12-13,20-21,36H,6-8,10-11,14-19H2,1-5H3/t20-,29-/m1/s1. The molecule has 1 saturated heterocycles. The summed E-state index contributed by atoms with van der Waals surface area (Å²) >= 11 is 0. The van der Waals surface area contributed by atoms with Gasteiger partial charge >= 0.3 is 0 Å². The molecule has 0 spiro atoms. The van der Waals surface area contributed by atoms with Gasteiger partial charge in [-0.15, -0.1) is 0 Å². The fourth-order valence-electron chi connectivity index (χ4n) is 6.45. The molecule has 1 N–H and O–H groups in total. The fourth-order valence-corrected chi connectivity index (χ4v) is 6.45. The van der Waals surface area contributed by atoms with Gasteiger partial charge in [0, 0.05) is 56.2 Å². The molecular formula is C29H43N3O4. The maximum absolute atomic E-state index is 13.3. The van der Waals surface area contributed by atoms with Crippen molar-refractivity contribution in [3.8, 4) is 0 Å². The number of piperidine rings is 1. The van der Waals surface area contributed by atoms with Crippen molar-refractivity contribution in [2.24, 2.45) is 17.3 Å². The number of hydrogen-bond acceptors (Lipinski definition) is 4. The third-order valence-electron chi connectivity index (χ3n) is 8.92. The largest absolute Gasteiger partial charge is 0.387 e. The zero-order valence-corrected chi connectivity index (χ0v) is 22.7. The van der Waals surface area contributed by atoms with Crippen molar-refractivity contribution in [2.75, 3.05) is 33.7 Å². The van der Waals surface area contributed by atoms with Gasteiger partial charge in [-0.1, -0.05) is 58.9 Å². The Kier molecular flexibility index (Phi) is 7.52. The Labute approximate surface area is 215 Å². The van der Waals surface area contributed by atoms with Crippen LogP contribution in [0, 0.1) is 17.3 Å². The molecule has 0 bridgehead atoms. The highest BCUT2D eigenvalue weighted by atomic mass is 16.3. The summed E-state index contributed by atoms with van der Waals surface area (Å²) in [6.07, 6.45) is 7.71. The molecule has 0 aromatic heterocycles. The fraction of sp³-hybridized carbons (Fsp3) is 0.690. The molecule has 7 heteroatoms. The molecule has 2 aliphatic heterocycles. The predicted molar refractivity (Wildman–Crippen MR) is 139 cm³/mol. The first-order valence-electron chi connectivity index (χ1n) is 13.6. The minimum atomic E-state index is -1.13. The van der Waals surface area contributed by atoms with E-state index in [-0.39, 0.29) is 30.2 Å². The van der Waals surface area contributed by atoms with Crippen LogP contribution in [0.3, 0.4) is 0 Å². The molecule has 1 aromatic carbocycles. The Bertz CT molecular complexity index is 1010. The molecule has 2 atom stereocenters. The molecule has 2 fully saturated rings. The molecule has 0 radical (unpaired) electrons. The second-order valence-electron chi connectivity index (χ2n) is 12.3. The molecule has 7 nitrogen and oxygen atoms in total. The number of rotatable bonds is 6. The van der Waals surface area contributed by atoms with Crippen LogP contribution in [0.15, 0.2) is 18.2 Å². The number of hydrogen-bond donors (Lipinski definition) is 1. The smallest absolute Gasteiger partial charge is 0.254 e. The van der Waals surface area contributed by atoms with Gasteiger partial charge in [-0.05, 0) is 36.5 Å². The van der Waals surface area contributed by atoms with Crippen molar-refractivity contribution < 1.29 is 19.5 Å². The first kappa shape index (κ1) is 26.6. The van der Waals surface area contributed by atoms with Gasteiger partial charge in [0.25, 0.3) is 11.8 Å². The molecule has 3 aliphatic rings. The van der Waals surface area contributed by atoms with Crippen molar-refractivity contribution in [3.63, 3.8) is 0 Å². The molecule has 0 unspecified atom stereocenters. The number of nitrogens with zero attached hydrogens (tertiary/aromatic N) is 3. The summed E-state index contributed by atoms with van der Waals surface area (Å²) in [5, 5.41) is 11.8.